The zero-order valence-electron chi connectivity index (χ0n) is 15.7. The molecule has 1 aliphatic rings. The summed E-state index contributed by atoms with van der Waals surface area (Å²) in [5, 5.41) is 9.13. The summed E-state index contributed by atoms with van der Waals surface area (Å²) < 4.78 is 11.5. The zero-order chi connectivity index (χ0) is 19.6. The minimum absolute atomic E-state index is 0.0271. The molecule has 0 aromatic heterocycles. The Hall–Kier alpha value is -3.11. The first-order chi connectivity index (χ1) is 13.6. The molecule has 0 radical (unpaired) electrons. The molecule has 28 heavy (non-hydrogen) atoms. The van der Waals surface area contributed by atoms with Gasteiger partial charge in [-0.1, -0.05) is 60.7 Å². The second kappa shape index (κ2) is 7.49. The van der Waals surface area contributed by atoms with E-state index in [1.807, 2.05) is 61.5 Å². The van der Waals surface area contributed by atoms with E-state index in [4.69, 9.17) is 14.6 Å². The van der Waals surface area contributed by atoms with Crippen LogP contribution in [0.2, 0.25) is 0 Å². The number of rotatable bonds is 7. The second-order valence-corrected chi connectivity index (χ2v) is 7.10. The summed E-state index contributed by atoms with van der Waals surface area (Å²) in [4.78, 5) is 11.1. The molecule has 0 amide bonds. The standard InChI is InChI=1S/C24H22O4/c1-17-24(28-17,15-23(25)26)21-10-12-22(13-11-21)27-16-18-6-5-9-20(14-18)19-7-3-2-4-8-19/h2-14,17H,15-16H2,1H3,(H,25,26). The molecule has 4 rings (SSSR count). The Morgan fingerprint density at radius 3 is 2.32 bits per heavy atom. The number of carbonyl (C=O) groups is 1. The van der Waals surface area contributed by atoms with Crippen LogP contribution >= 0.6 is 0 Å². The van der Waals surface area contributed by atoms with Crippen molar-refractivity contribution in [1.29, 1.82) is 0 Å². The van der Waals surface area contributed by atoms with Gasteiger partial charge in [-0.05, 0) is 47.4 Å². The lowest BCUT2D eigenvalue weighted by molar-refractivity contribution is -0.138. The molecule has 142 valence electrons. The lowest BCUT2D eigenvalue weighted by Gasteiger charge is -2.12. The zero-order valence-corrected chi connectivity index (χ0v) is 15.7. The number of hydrogen-bond acceptors (Lipinski definition) is 3. The molecule has 0 spiro atoms. The van der Waals surface area contributed by atoms with E-state index in [0.717, 1.165) is 22.4 Å². The molecule has 1 N–H and O–H groups in total. The summed E-state index contributed by atoms with van der Waals surface area (Å²) in [6, 6.07) is 26.1. The lowest BCUT2D eigenvalue weighted by Crippen LogP contribution is -2.17. The van der Waals surface area contributed by atoms with Crippen LogP contribution in [0.15, 0.2) is 78.9 Å². The molecule has 4 heteroatoms. The maximum Gasteiger partial charge on any atom is 0.306 e. The molecule has 2 unspecified atom stereocenters. The minimum atomic E-state index is -0.858. The Bertz CT molecular complexity index is 965. The molecule has 1 saturated heterocycles. The summed E-state index contributed by atoms with van der Waals surface area (Å²) in [6.07, 6.45) is -0.114. The van der Waals surface area contributed by atoms with Crippen LogP contribution in [0, 0.1) is 0 Å². The molecule has 1 fully saturated rings. The summed E-state index contributed by atoms with van der Waals surface area (Å²) >= 11 is 0. The third-order valence-corrected chi connectivity index (χ3v) is 5.18. The van der Waals surface area contributed by atoms with Gasteiger partial charge in [0, 0.05) is 0 Å². The molecule has 3 aromatic rings. The van der Waals surface area contributed by atoms with Crippen LogP contribution in [0.1, 0.15) is 24.5 Å². The molecule has 4 nitrogen and oxygen atoms in total. The average Bonchev–Trinajstić information content (AvgIpc) is 3.37. The topological polar surface area (TPSA) is 59.1 Å². The van der Waals surface area contributed by atoms with Crippen LogP contribution in [0.5, 0.6) is 5.75 Å². The second-order valence-electron chi connectivity index (χ2n) is 7.10. The Kier molecular flexibility index (Phi) is 4.88. The first-order valence-corrected chi connectivity index (χ1v) is 9.34. The van der Waals surface area contributed by atoms with E-state index >= 15 is 0 Å². The van der Waals surface area contributed by atoms with Crippen LogP contribution in [0.4, 0.5) is 0 Å². The number of carboxylic acid groups (broad SMARTS) is 1. The third-order valence-electron chi connectivity index (χ3n) is 5.18. The van der Waals surface area contributed by atoms with Crippen LogP contribution < -0.4 is 4.74 Å². The van der Waals surface area contributed by atoms with Crippen molar-refractivity contribution in [2.24, 2.45) is 0 Å². The van der Waals surface area contributed by atoms with Gasteiger partial charge in [0.25, 0.3) is 0 Å². The molecular weight excluding hydrogens is 352 g/mol. The van der Waals surface area contributed by atoms with Gasteiger partial charge in [0.1, 0.15) is 18.0 Å². The van der Waals surface area contributed by atoms with E-state index in [-0.39, 0.29) is 12.5 Å². The van der Waals surface area contributed by atoms with Crippen molar-refractivity contribution in [2.75, 3.05) is 0 Å². The van der Waals surface area contributed by atoms with Gasteiger partial charge in [0.15, 0.2) is 0 Å². The maximum absolute atomic E-state index is 11.1. The van der Waals surface area contributed by atoms with Crippen molar-refractivity contribution < 1.29 is 19.4 Å². The third kappa shape index (κ3) is 3.78. The Morgan fingerprint density at radius 2 is 1.68 bits per heavy atom. The van der Waals surface area contributed by atoms with E-state index in [2.05, 4.69) is 24.3 Å². The lowest BCUT2D eigenvalue weighted by atomic mass is 9.92. The summed E-state index contributed by atoms with van der Waals surface area (Å²) in [6.45, 7) is 2.36. The highest BCUT2D eigenvalue weighted by atomic mass is 16.6. The highest BCUT2D eigenvalue weighted by molar-refractivity contribution is 5.69. The van der Waals surface area contributed by atoms with Crippen molar-refractivity contribution >= 4 is 5.97 Å². The van der Waals surface area contributed by atoms with Gasteiger partial charge in [0.05, 0.1) is 12.5 Å². The molecule has 2 atom stereocenters. The molecule has 0 saturated carbocycles. The summed E-state index contributed by atoms with van der Waals surface area (Å²) in [7, 11) is 0. The fourth-order valence-electron chi connectivity index (χ4n) is 3.57. The van der Waals surface area contributed by atoms with Gasteiger partial charge in [-0.3, -0.25) is 4.79 Å². The molecule has 3 aromatic carbocycles. The molecule has 1 aliphatic heterocycles. The predicted octanol–water partition coefficient (Wildman–Crippen LogP) is 5.02. The Labute approximate surface area is 164 Å². The summed E-state index contributed by atoms with van der Waals surface area (Å²) in [5.74, 6) is -0.115. The van der Waals surface area contributed by atoms with Gasteiger partial charge in [-0.2, -0.15) is 0 Å². The van der Waals surface area contributed by atoms with Gasteiger partial charge in [-0.15, -0.1) is 0 Å². The molecular formula is C24H22O4. The molecule has 0 aliphatic carbocycles. The number of aliphatic carboxylic acids is 1. The van der Waals surface area contributed by atoms with Gasteiger partial charge in [-0.25, -0.2) is 0 Å². The fourth-order valence-corrected chi connectivity index (χ4v) is 3.57. The number of ether oxygens (including phenoxy) is 2. The van der Waals surface area contributed by atoms with Crippen molar-refractivity contribution in [3.8, 4) is 16.9 Å². The van der Waals surface area contributed by atoms with Crippen LogP contribution in [0.3, 0.4) is 0 Å². The number of benzene rings is 3. The number of hydrogen-bond donors (Lipinski definition) is 1. The average molecular weight is 374 g/mol. The van der Waals surface area contributed by atoms with E-state index in [1.165, 1.54) is 5.56 Å². The van der Waals surface area contributed by atoms with Crippen LogP contribution in [-0.4, -0.2) is 17.2 Å². The van der Waals surface area contributed by atoms with Crippen molar-refractivity contribution in [1.82, 2.24) is 0 Å². The maximum atomic E-state index is 11.1. The van der Waals surface area contributed by atoms with E-state index in [1.54, 1.807) is 0 Å². The van der Waals surface area contributed by atoms with Crippen molar-refractivity contribution in [2.45, 2.75) is 31.7 Å². The highest BCUT2D eigenvalue weighted by Gasteiger charge is 2.56. The van der Waals surface area contributed by atoms with E-state index in [0.29, 0.717) is 6.61 Å². The minimum Gasteiger partial charge on any atom is -0.489 e. The van der Waals surface area contributed by atoms with Crippen LogP contribution in [-0.2, 0) is 21.7 Å². The fraction of sp³-hybridized carbons (Fsp3) is 0.208. The first kappa shape index (κ1) is 18.3. The van der Waals surface area contributed by atoms with Crippen LogP contribution in [0.25, 0.3) is 11.1 Å². The molecule has 1 heterocycles. The smallest absolute Gasteiger partial charge is 0.306 e. The van der Waals surface area contributed by atoms with Crippen molar-refractivity contribution in [3.05, 3.63) is 90.0 Å². The van der Waals surface area contributed by atoms with Crippen molar-refractivity contribution in [3.63, 3.8) is 0 Å². The SMILES string of the molecule is CC1OC1(CC(=O)O)c1ccc(OCc2cccc(-c3ccccc3)c2)cc1. The van der Waals surface area contributed by atoms with Gasteiger partial charge >= 0.3 is 5.97 Å². The highest BCUT2D eigenvalue weighted by Crippen LogP contribution is 2.49. The Morgan fingerprint density at radius 1 is 1.00 bits per heavy atom. The predicted molar refractivity (Wildman–Crippen MR) is 107 cm³/mol. The quantitative estimate of drug-likeness (QED) is 0.590. The Balaban J connectivity index is 1.43. The first-order valence-electron chi connectivity index (χ1n) is 9.34. The van der Waals surface area contributed by atoms with E-state index < -0.39 is 11.6 Å². The van der Waals surface area contributed by atoms with E-state index in [9.17, 15) is 4.79 Å². The largest absolute Gasteiger partial charge is 0.489 e. The molecule has 0 bridgehead atoms. The van der Waals surface area contributed by atoms with Gasteiger partial charge in [0.2, 0.25) is 0 Å². The summed E-state index contributed by atoms with van der Waals surface area (Å²) in [5.41, 5.74) is 3.60. The van der Waals surface area contributed by atoms with Gasteiger partial charge < -0.3 is 14.6 Å². The monoisotopic (exact) mass is 374 g/mol. The number of carboxylic acids is 1. The number of epoxide rings is 1. The normalized spacial score (nSPS) is 20.5.